The Morgan fingerprint density at radius 1 is 1.33 bits per heavy atom. The number of nitrogens with one attached hydrogen (secondary N) is 2. The fraction of sp³-hybridized carbons (Fsp3) is 0.727. The number of hydrogen-bond donors (Lipinski definition) is 2. The molecule has 2 heterocycles. The average Bonchev–Trinajstić information content (AvgIpc) is 2.44. The van der Waals surface area contributed by atoms with Gasteiger partial charge in [0.15, 0.2) is 5.13 Å². The third-order valence-corrected chi connectivity index (χ3v) is 4.18. The standard InChI is InChI=1S/C11H19N3S/c1-10(2)6-7-8(11(3,4)14-10)15-9(12-5)13-7/h14H,6H2,1-5H3,(H,12,13). The van der Waals surface area contributed by atoms with Gasteiger partial charge in [-0.05, 0) is 27.7 Å². The number of thiazole rings is 1. The zero-order valence-electron chi connectivity index (χ0n) is 10.1. The summed E-state index contributed by atoms with van der Waals surface area (Å²) in [5.74, 6) is 0. The van der Waals surface area contributed by atoms with Crippen molar-refractivity contribution in [2.75, 3.05) is 12.4 Å². The zero-order chi connectivity index (χ0) is 11.3. The van der Waals surface area contributed by atoms with E-state index in [1.54, 1.807) is 11.3 Å². The maximum Gasteiger partial charge on any atom is 0.182 e. The molecule has 4 heteroatoms. The van der Waals surface area contributed by atoms with E-state index in [1.165, 1.54) is 10.6 Å². The number of rotatable bonds is 1. The number of fused-ring (bicyclic) bond motifs is 1. The fourth-order valence-corrected chi connectivity index (χ4v) is 3.43. The second-order valence-electron chi connectivity index (χ2n) is 5.36. The molecule has 2 N–H and O–H groups in total. The molecule has 0 bridgehead atoms. The lowest BCUT2D eigenvalue weighted by atomic mass is 9.85. The largest absolute Gasteiger partial charge is 0.365 e. The normalized spacial score (nSPS) is 22.2. The van der Waals surface area contributed by atoms with E-state index in [9.17, 15) is 0 Å². The summed E-state index contributed by atoms with van der Waals surface area (Å²) in [6, 6.07) is 0. The van der Waals surface area contributed by atoms with E-state index < -0.39 is 0 Å². The van der Waals surface area contributed by atoms with Gasteiger partial charge >= 0.3 is 0 Å². The third-order valence-electron chi connectivity index (χ3n) is 2.74. The van der Waals surface area contributed by atoms with Crippen LogP contribution in [0.25, 0.3) is 0 Å². The van der Waals surface area contributed by atoms with Crippen LogP contribution in [0.3, 0.4) is 0 Å². The van der Waals surface area contributed by atoms with Crippen molar-refractivity contribution in [1.82, 2.24) is 10.3 Å². The quantitative estimate of drug-likeness (QED) is 0.770. The molecule has 0 radical (unpaired) electrons. The van der Waals surface area contributed by atoms with E-state index >= 15 is 0 Å². The number of anilines is 1. The highest BCUT2D eigenvalue weighted by atomic mass is 32.1. The Bertz CT molecular complexity index is 379. The Labute approximate surface area is 95.3 Å². The topological polar surface area (TPSA) is 37.0 Å². The van der Waals surface area contributed by atoms with E-state index in [1.807, 2.05) is 7.05 Å². The lowest BCUT2D eigenvalue weighted by Gasteiger charge is -2.41. The minimum Gasteiger partial charge on any atom is -0.365 e. The Morgan fingerprint density at radius 3 is 2.60 bits per heavy atom. The first-order valence-corrected chi connectivity index (χ1v) is 6.13. The van der Waals surface area contributed by atoms with Gasteiger partial charge in [-0.15, -0.1) is 0 Å². The molecule has 84 valence electrons. The second-order valence-corrected chi connectivity index (χ2v) is 6.35. The monoisotopic (exact) mass is 225 g/mol. The van der Waals surface area contributed by atoms with E-state index in [4.69, 9.17) is 0 Å². The second kappa shape index (κ2) is 3.19. The maximum absolute atomic E-state index is 4.63. The Morgan fingerprint density at radius 2 is 2.00 bits per heavy atom. The van der Waals surface area contributed by atoms with Crippen LogP contribution in [0.5, 0.6) is 0 Å². The predicted molar refractivity (Wildman–Crippen MR) is 65.6 cm³/mol. The van der Waals surface area contributed by atoms with Gasteiger partial charge in [0, 0.05) is 29.4 Å². The summed E-state index contributed by atoms with van der Waals surface area (Å²) in [7, 11) is 1.93. The van der Waals surface area contributed by atoms with Crippen LogP contribution in [0.2, 0.25) is 0 Å². The number of aromatic nitrogens is 1. The molecular formula is C11H19N3S. The van der Waals surface area contributed by atoms with Crippen LogP contribution in [0.4, 0.5) is 5.13 Å². The SMILES string of the molecule is CNc1nc2c(s1)C(C)(C)NC(C)(C)C2. The molecule has 15 heavy (non-hydrogen) atoms. The smallest absolute Gasteiger partial charge is 0.182 e. The molecule has 0 amide bonds. The summed E-state index contributed by atoms with van der Waals surface area (Å²) in [5.41, 5.74) is 1.41. The lowest BCUT2D eigenvalue weighted by molar-refractivity contribution is 0.244. The highest BCUT2D eigenvalue weighted by molar-refractivity contribution is 7.15. The molecule has 0 saturated heterocycles. The molecule has 1 aromatic heterocycles. The van der Waals surface area contributed by atoms with Crippen LogP contribution < -0.4 is 10.6 Å². The molecule has 2 rings (SSSR count). The van der Waals surface area contributed by atoms with E-state index in [2.05, 4.69) is 43.3 Å². The molecule has 0 saturated carbocycles. The molecular weight excluding hydrogens is 206 g/mol. The summed E-state index contributed by atoms with van der Waals surface area (Å²) in [6.45, 7) is 8.92. The first-order valence-electron chi connectivity index (χ1n) is 5.31. The number of nitrogens with zero attached hydrogens (tertiary/aromatic N) is 1. The molecule has 0 atom stereocenters. The van der Waals surface area contributed by atoms with Crippen molar-refractivity contribution >= 4 is 16.5 Å². The van der Waals surface area contributed by atoms with Gasteiger partial charge in [0.05, 0.1) is 5.69 Å². The fourth-order valence-electron chi connectivity index (χ4n) is 2.43. The summed E-state index contributed by atoms with van der Waals surface area (Å²) in [6.07, 6.45) is 1.00. The maximum atomic E-state index is 4.63. The van der Waals surface area contributed by atoms with Gasteiger partial charge < -0.3 is 10.6 Å². The number of hydrogen-bond acceptors (Lipinski definition) is 4. The molecule has 1 aromatic rings. The van der Waals surface area contributed by atoms with Gasteiger partial charge in [0.1, 0.15) is 0 Å². The molecule has 0 aromatic carbocycles. The average molecular weight is 225 g/mol. The van der Waals surface area contributed by atoms with E-state index in [0.717, 1.165) is 11.6 Å². The molecule has 3 nitrogen and oxygen atoms in total. The van der Waals surface area contributed by atoms with E-state index in [-0.39, 0.29) is 11.1 Å². The summed E-state index contributed by atoms with van der Waals surface area (Å²) >= 11 is 1.76. The highest BCUT2D eigenvalue weighted by Crippen LogP contribution is 2.39. The minimum absolute atomic E-state index is 0.0316. The van der Waals surface area contributed by atoms with Crippen molar-refractivity contribution in [2.45, 2.75) is 45.2 Å². The van der Waals surface area contributed by atoms with Crippen LogP contribution in [-0.2, 0) is 12.0 Å². The first-order chi connectivity index (χ1) is 6.84. The van der Waals surface area contributed by atoms with Crippen molar-refractivity contribution in [1.29, 1.82) is 0 Å². The third kappa shape index (κ3) is 1.88. The Balaban J connectivity index is 2.48. The van der Waals surface area contributed by atoms with Crippen molar-refractivity contribution in [3.05, 3.63) is 10.6 Å². The van der Waals surface area contributed by atoms with Gasteiger partial charge in [-0.25, -0.2) is 4.98 Å². The molecule has 0 spiro atoms. The summed E-state index contributed by atoms with van der Waals surface area (Å²) < 4.78 is 0. The van der Waals surface area contributed by atoms with Crippen molar-refractivity contribution in [2.24, 2.45) is 0 Å². The summed E-state index contributed by atoms with van der Waals surface area (Å²) in [4.78, 5) is 5.99. The summed E-state index contributed by atoms with van der Waals surface area (Å²) in [5, 5.41) is 7.82. The van der Waals surface area contributed by atoms with Crippen molar-refractivity contribution in [3.8, 4) is 0 Å². The Kier molecular flexibility index (Phi) is 2.32. The van der Waals surface area contributed by atoms with Crippen LogP contribution in [0.1, 0.15) is 38.3 Å². The van der Waals surface area contributed by atoms with Crippen molar-refractivity contribution < 1.29 is 0 Å². The molecule has 1 aliphatic heterocycles. The minimum atomic E-state index is 0.0316. The zero-order valence-corrected chi connectivity index (χ0v) is 10.9. The van der Waals surface area contributed by atoms with Gasteiger partial charge in [-0.2, -0.15) is 0 Å². The predicted octanol–water partition coefficient (Wildman–Crippen LogP) is 2.34. The van der Waals surface area contributed by atoms with Crippen molar-refractivity contribution in [3.63, 3.8) is 0 Å². The molecule has 0 aliphatic carbocycles. The van der Waals surface area contributed by atoms with Gasteiger partial charge in [-0.3, -0.25) is 0 Å². The lowest BCUT2D eigenvalue weighted by Crippen LogP contribution is -2.54. The van der Waals surface area contributed by atoms with Gasteiger partial charge in [-0.1, -0.05) is 11.3 Å². The Hall–Kier alpha value is -0.610. The molecule has 0 unspecified atom stereocenters. The van der Waals surface area contributed by atoms with Crippen LogP contribution in [-0.4, -0.2) is 17.6 Å². The van der Waals surface area contributed by atoms with Crippen LogP contribution >= 0.6 is 11.3 Å². The molecule has 0 fully saturated rings. The van der Waals surface area contributed by atoms with E-state index in [0.29, 0.717) is 0 Å². The molecule has 1 aliphatic rings. The highest BCUT2D eigenvalue weighted by Gasteiger charge is 2.39. The van der Waals surface area contributed by atoms with Crippen LogP contribution in [0, 0.1) is 0 Å². The van der Waals surface area contributed by atoms with Crippen LogP contribution in [0.15, 0.2) is 0 Å². The van der Waals surface area contributed by atoms with Gasteiger partial charge in [0.2, 0.25) is 0 Å². The van der Waals surface area contributed by atoms with Gasteiger partial charge in [0.25, 0.3) is 0 Å². The first kappa shape index (κ1) is 10.9.